The van der Waals surface area contributed by atoms with Crippen LogP contribution in [0.4, 0.5) is 10.1 Å². The predicted molar refractivity (Wildman–Crippen MR) is 110 cm³/mol. The van der Waals surface area contributed by atoms with E-state index in [4.69, 9.17) is 0 Å². The molecule has 0 amide bonds. The number of carboxylic acids is 2. The third kappa shape index (κ3) is 3.61. The van der Waals surface area contributed by atoms with Crippen LogP contribution in [-0.4, -0.2) is 57.8 Å². The van der Waals surface area contributed by atoms with Crippen molar-refractivity contribution in [2.45, 2.75) is 6.04 Å². The molecule has 4 rings (SSSR count). The number of aromatic nitrogens is 1. The molecule has 1 aromatic heterocycles. The summed E-state index contributed by atoms with van der Waals surface area (Å²) in [4.78, 5) is 27.6. The molecule has 156 valence electrons. The Hall–Kier alpha value is -3.39. The third-order valence-electron chi connectivity index (χ3n) is 5.67. The highest BCUT2D eigenvalue weighted by Gasteiger charge is 2.32. The summed E-state index contributed by atoms with van der Waals surface area (Å²) in [6, 6.07) is 10.1. The zero-order valence-electron chi connectivity index (χ0n) is 16.5. The highest BCUT2D eigenvalue weighted by atomic mass is 19.1. The minimum absolute atomic E-state index is 0.125. The first-order chi connectivity index (χ1) is 14.3. The number of hydrogen-bond acceptors (Lipinski definition) is 4. The summed E-state index contributed by atoms with van der Waals surface area (Å²) in [7, 11) is 1.82. The van der Waals surface area contributed by atoms with Gasteiger partial charge in [0.2, 0.25) is 0 Å². The van der Waals surface area contributed by atoms with Crippen molar-refractivity contribution in [2.75, 3.05) is 31.1 Å². The van der Waals surface area contributed by atoms with Gasteiger partial charge in [-0.15, -0.1) is 0 Å². The summed E-state index contributed by atoms with van der Waals surface area (Å²) in [5.74, 6) is -2.31. The molecule has 0 aliphatic carbocycles. The van der Waals surface area contributed by atoms with Gasteiger partial charge in [0, 0.05) is 61.6 Å². The average Bonchev–Trinajstić information content (AvgIpc) is 3.05. The van der Waals surface area contributed by atoms with Crippen LogP contribution in [0, 0.1) is 5.82 Å². The van der Waals surface area contributed by atoms with Gasteiger partial charge in [0.25, 0.3) is 0 Å². The number of rotatable bonds is 5. The highest BCUT2D eigenvalue weighted by molar-refractivity contribution is 5.96. The van der Waals surface area contributed by atoms with E-state index in [1.165, 1.54) is 24.3 Å². The number of carbonyl (C=O) groups is 2. The van der Waals surface area contributed by atoms with Gasteiger partial charge in [0.1, 0.15) is 11.9 Å². The molecule has 8 heteroatoms. The van der Waals surface area contributed by atoms with E-state index in [9.17, 15) is 24.2 Å². The van der Waals surface area contributed by atoms with Crippen molar-refractivity contribution in [3.63, 3.8) is 0 Å². The van der Waals surface area contributed by atoms with Crippen LogP contribution in [0.3, 0.4) is 0 Å². The van der Waals surface area contributed by atoms with Crippen molar-refractivity contribution in [1.82, 2.24) is 9.47 Å². The molecule has 1 saturated heterocycles. The van der Waals surface area contributed by atoms with E-state index >= 15 is 0 Å². The molecule has 3 aromatic rings. The van der Waals surface area contributed by atoms with Gasteiger partial charge in [-0.1, -0.05) is 0 Å². The number of halogens is 1. The van der Waals surface area contributed by atoms with Crippen LogP contribution in [0.25, 0.3) is 10.9 Å². The second-order valence-corrected chi connectivity index (χ2v) is 7.47. The van der Waals surface area contributed by atoms with Crippen LogP contribution in [0.2, 0.25) is 0 Å². The fraction of sp³-hybridized carbons (Fsp3) is 0.273. The van der Waals surface area contributed by atoms with Gasteiger partial charge in [-0.2, -0.15) is 0 Å². The van der Waals surface area contributed by atoms with E-state index in [1.807, 2.05) is 16.5 Å². The van der Waals surface area contributed by atoms with E-state index in [-0.39, 0.29) is 11.4 Å². The van der Waals surface area contributed by atoms with E-state index in [1.54, 1.807) is 24.4 Å². The van der Waals surface area contributed by atoms with Crippen LogP contribution < -0.4 is 4.90 Å². The minimum atomic E-state index is -1.05. The Morgan fingerprint density at radius 2 is 1.67 bits per heavy atom. The van der Waals surface area contributed by atoms with Crippen molar-refractivity contribution in [1.29, 1.82) is 0 Å². The lowest BCUT2D eigenvalue weighted by Gasteiger charge is -2.38. The number of carboxylic acid groups (broad SMARTS) is 2. The summed E-state index contributed by atoms with van der Waals surface area (Å²) >= 11 is 0. The molecule has 7 nitrogen and oxygen atoms in total. The molecule has 1 fully saturated rings. The normalized spacial score (nSPS) is 16.0. The highest BCUT2D eigenvalue weighted by Crippen LogP contribution is 2.32. The Balaban J connectivity index is 1.62. The third-order valence-corrected chi connectivity index (χ3v) is 5.67. The lowest BCUT2D eigenvalue weighted by molar-refractivity contribution is -0.143. The molecule has 0 saturated carbocycles. The Morgan fingerprint density at radius 1 is 1.00 bits per heavy atom. The lowest BCUT2D eigenvalue weighted by Crippen LogP contribution is -2.49. The number of piperazine rings is 1. The van der Waals surface area contributed by atoms with Crippen molar-refractivity contribution in [3.8, 4) is 0 Å². The molecule has 1 atom stereocenters. The van der Waals surface area contributed by atoms with Gasteiger partial charge in [-0.3, -0.25) is 9.69 Å². The van der Waals surface area contributed by atoms with Crippen molar-refractivity contribution >= 4 is 28.5 Å². The number of aliphatic carboxylic acids is 1. The standard InChI is InChI=1S/C22H22FN3O4/c1-24-13-18(17-12-14(21(27)28)2-7-19(17)24)20(22(29)30)26-10-8-25(9-11-26)16-5-3-15(23)4-6-16/h2-7,12-13,20H,8-11H2,1H3,(H,27,28)(H,29,30). The number of benzene rings is 2. The number of aromatic carboxylic acids is 1. The summed E-state index contributed by atoms with van der Waals surface area (Å²) in [6.45, 7) is 2.26. The van der Waals surface area contributed by atoms with Gasteiger partial charge in [-0.25, -0.2) is 9.18 Å². The van der Waals surface area contributed by atoms with Gasteiger partial charge >= 0.3 is 11.9 Å². The topological polar surface area (TPSA) is 86.0 Å². The van der Waals surface area contributed by atoms with Crippen LogP contribution in [0.1, 0.15) is 22.0 Å². The molecule has 2 heterocycles. The Morgan fingerprint density at radius 3 is 2.27 bits per heavy atom. The molecule has 30 heavy (non-hydrogen) atoms. The Bertz CT molecular complexity index is 1100. The van der Waals surface area contributed by atoms with Crippen LogP contribution in [0.5, 0.6) is 0 Å². The summed E-state index contributed by atoms with van der Waals surface area (Å²) in [6.07, 6.45) is 1.77. The quantitative estimate of drug-likeness (QED) is 0.671. The average molecular weight is 411 g/mol. The molecule has 2 aromatic carbocycles. The summed E-state index contributed by atoms with van der Waals surface area (Å²) in [5.41, 5.74) is 2.39. The largest absolute Gasteiger partial charge is 0.480 e. The Kier molecular flexibility index (Phi) is 5.17. The number of aryl methyl sites for hydroxylation is 1. The SMILES string of the molecule is Cn1cc(C(C(=O)O)N2CCN(c3ccc(F)cc3)CC2)c2cc(C(=O)O)ccc21. The van der Waals surface area contributed by atoms with Crippen molar-refractivity contribution < 1.29 is 24.2 Å². The van der Waals surface area contributed by atoms with E-state index in [2.05, 4.69) is 4.90 Å². The molecule has 1 unspecified atom stereocenters. The van der Waals surface area contributed by atoms with Crippen molar-refractivity contribution in [3.05, 3.63) is 65.6 Å². The fourth-order valence-electron chi connectivity index (χ4n) is 4.15. The molecule has 2 N–H and O–H groups in total. The zero-order valence-corrected chi connectivity index (χ0v) is 16.5. The molecular weight excluding hydrogens is 389 g/mol. The molecule has 0 spiro atoms. The second-order valence-electron chi connectivity index (χ2n) is 7.47. The van der Waals surface area contributed by atoms with Gasteiger partial charge < -0.3 is 19.7 Å². The van der Waals surface area contributed by atoms with Gasteiger partial charge in [-0.05, 0) is 42.5 Å². The number of fused-ring (bicyclic) bond motifs is 1. The Labute approximate surface area is 172 Å². The second kappa shape index (κ2) is 7.79. The smallest absolute Gasteiger partial charge is 0.335 e. The van der Waals surface area contributed by atoms with E-state index in [0.717, 1.165) is 11.2 Å². The van der Waals surface area contributed by atoms with Crippen LogP contribution in [-0.2, 0) is 11.8 Å². The first-order valence-electron chi connectivity index (χ1n) is 9.65. The first kappa shape index (κ1) is 19.9. The predicted octanol–water partition coefficient (Wildman–Crippen LogP) is 2.96. The molecule has 1 aliphatic rings. The maximum Gasteiger partial charge on any atom is 0.335 e. The lowest BCUT2D eigenvalue weighted by atomic mass is 10.0. The fourth-order valence-corrected chi connectivity index (χ4v) is 4.15. The minimum Gasteiger partial charge on any atom is -0.480 e. The molecular formula is C22H22FN3O4. The monoisotopic (exact) mass is 411 g/mol. The van der Waals surface area contributed by atoms with Crippen LogP contribution >= 0.6 is 0 Å². The van der Waals surface area contributed by atoms with Crippen molar-refractivity contribution in [2.24, 2.45) is 7.05 Å². The number of nitrogens with zero attached hydrogens (tertiary/aromatic N) is 3. The molecule has 0 radical (unpaired) electrons. The van der Waals surface area contributed by atoms with Gasteiger partial charge in [0.15, 0.2) is 0 Å². The van der Waals surface area contributed by atoms with Crippen LogP contribution in [0.15, 0.2) is 48.7 Å². The van der Waals surface area contributed by atoms with E-state index in [0.29, 0.717) is 37.1 Å². The van der Waals surface area contributed by atoms with Gasteiger partial charge in [0.05, 0.1) is 5.56 Å². The number of hydrogen-bond donors (Lipinski definition) is 2. The van der Waals surface area contributed by atoms with E-state index < -0.39 is 18.0 Å². The molecule has 0 bridgehead atoms. The first-order valence-corrected chi connectivity index (χ1v) is 9.65. The summed E-state index contributed by atoms with van der Waals surface area (Å²) in [5, 5.41) is 20.0. The maximum atomic E-state index is 13.2. The number of anilines is 1. The summed E-state index contributed by atoms with van der Waals surface area (Å²) < 4.78 is 15.0. The zero-order chi connectivity index (χ0) is 21.4. The maximum absolute atomic E-state index is 13.2. The molecule has 1 aliphatic heterocycles.